The van der Waals surface area contributed by atoms with Crippen molar-refractivity contribution < 1.29 is 18.7 Å². The van der Waals surface area contributed by atoms with Crippen LogP contribution >= 0.6 is 11.8 Å². The lowest BCUT2D eigenvalue weighted by Gasteiger charge is -2.23. The van der Waals surface area contributed by atoms with Crippen molar-refractivity contribution in [3.05, 3.63) is 59.7 Å². The van der Waals surface area contributed by atoms with E-state index in [0.29, 0.717) is 37.2 Å². The average molecular weight is 500 g/mol. The molecule has 1 aromatic heterocycles. The maximum absolute atomic E-state index is 13.6. The first-order valence-corrected chi connectivity index (χ1v) is 12.5. The van der Waals surface area contributed by atoms with E-state index in [1.165, 1.54) is 23.9 Å². The number of ether oxygens (including phenoxy) is 2. The van der Waals surface area contributed by atoms with Crippen LogP contribution in [0, 0.1) is 5.82 Å². The SMILES string of the molecule is CCN(Cc1ccc2c(c1)OCCO2)C(=O)CSc1nnc([C@H](C)N(C)C)n1-c1ccc(F)cc1. The lowest BCUT2D eigenvalue weighted by molar-refractivity contribution is -0.128. The molecule has 0 N–H and O–H groups in total. The van der Waals surface area contributed by atoms with Crippen LogP contribution in [0.15, 0.2) is 47.6 Å². The molecule has 0 saturated carbocycles. The summed E-state index contributed by atoms with van der Waals surface area (Å²) in [5.74, 6) is 2.04. The van der Waals surface area contributed by atoms with Crippen molar-refractivity contribution in [2.24, 2.45) is 0 Å². The summed E-state index contributed by atoms with van der Waals surface area (Å²) >= 11 is 1.32. The Morgan fingerprint density at radius 2 is 1.83 bits per heavy atom. The summed E-state index contributed by atoms with van der Waals surface area (Å²) in [5, 5.41) is 9.34. The number of carbonyl (C=O) groups is 1. The van der Waals surface area contributed by atoms with Crippen LogP contribution < -0.4 is 9.47 Å². The predicted octanol–water partition coefficient (Wildman–Crippen LogP) is 3.94. The standard InChI is InChI=1S/C25H30FN5O3S/c1-5-30(15-18-6-11-21-22(14-18)34-13-12-33-21)23(32)16-35-25-28-27-24(17(2)29(3)4)31(25)20-9-7-19(26)8-10-20/h6-11,14,17H,5,12-13,15-16H2,1-4H3/t17-/m0/s1. The molecule has 1 amide bonds. The zero-order valence-corrected chi connectivity index (χ0v) is 21.2. The van der Waals surface area contributed by atoms with Gasteiger partial charge < -0.3 is 14.4 Å². The fourth-order valence-electron chi connectivity index (χ4n) is 3.71. The molecule has 8 nitrogen and oxygen atoms in total. The summed E-state index contributed by atoms with van der Waals surface area (Å²) in [6.07, 6.45) is 0. The minimum Gasteiger partial charge on any atom is -0.486 e. The third-order valence-electron chi connectivity index (χ3n) is 5.93. The minimum atomic E-state index is -0.314. The highest BCUT2D eigenvalue weighted by Crippen LogP contribution is 2.31. The van der Waals surface area contributed by atoms with Crippen LogP contribution in [0.4, 0.5) is 4.39 Å². The van der Waals surface area contributed by atoms with Crippen LogP contribution in [0.1, 0.15) is 31.3 Å². The van der Waals surface area contributed by atoms with Gasteiger partial charge in [-0.1, -0.05) is 17.8 Å². The summed E-state index contributed by atoms with van der Waals surface area (Å²) in [5.41, 5.74) is 1.73. The maximum Gasteiger partial charge on any atom is 0.233 e. The highest BCUT2D eigenvalue weighted by atomic mass is 32.2. The molecule has 4 rings (SSSR count). The summed E-state index contributed by atoms with van der Waals surface area (Å²) in [7, 11) is 3.92. The van der Waals surface area contributed by atoms with Gasteiger partial charge in [0.05, 0.1) is 11.8 Å². The van der Waals surface area contributed by atoms with E-state index in [1.807, 2.05) is 55.6 Å². The second kappa shape index (κ2) is 11.1. The molecule has 0 saturated heterocycles. The Balaban J connectivity index is 1.50. The van der Waals surface area contributed by atoms with Gasteiger partial charge in [0.25, 0.3) is 0 Å². The van der Waals surface area contributed by atoms with Crippen molar-refractivity contribution in [1.82, 2.24) is 24.6 Å². The Morgan fingerprint density at radius 1 is 1.11 bits per heavy atom. The first-order valence-electron chi connectivity index (χ1n) is 11.5. The molecule has 0 aliphatic carbocycles. The molecule has 10 heteroatoms. The zero-order chi connectivity index (χ0) is 24.9. The lowest BCUT2D eigenvalue weighted by Crippen LogP contribution is -2.32. The number of amides is 1. The molecular formula is C25H30FN5O3S. The van der Waals surface area contributed by atoms with E-state index >= 15 is 0 Å². The Bertz CT molecular complexity index is 1170. The van der Waals surface area contributed by atoms with Gasteiger partial charge in [0, 0.05) is 18.8 Å². The molecule has 0 radical (unpaired) electrons. The average Bonchev–Trinajstić information content (AvgIpc) is 3.29. The molecule has 1 aliphatic heterocycles. The topological polar surface area (TPSA) is 72.7 Å². The number of hydrogen-bond acceptors (Lipinski definition) is 7. The van der Waals surface area contributed by atoms with E-state index in [0.717, 1.165) is 22.8 Å². The number of carbonyl (C=O) groups excluding carboxylic acids is 1. The van der Waals surface area contributed by atoms with Crippen molar-refractivity contribution in [2.75, 3.05) is 39.6 Å². The molecule has 2 heterocycles. The number of hydrogen-bond donors (Lipinski definition) is 0. The first kappa shape index (κ1) is 25.0. The second-order valence-electron chi connectivity index (χ2n) is 8.47. The van der Waals surface area contributed by atoms with Crippen molar-refractivity contribution in [3.63, 3.8) is 0 Å². The van der Waals surface area contributed by atoms with Gasteiger partial charge in [0.15, 0.2) is 22.5 Å². The van der Waals surface area contributed by atoms with Crippen molar-refractivity contribution in [3.8, 4) is 17.2 Å². The number of thioether (sulfide) groups is 1. The van der Waals surface area contributed by atoms with Crippen LogP contribution in [0.2, 0.25) is 0 Å². The van der Waals surface area contributed by atoms with Gasteiger partial charge in [0.2, 0.25) is 5.91 Å². The molecule has 1 aliphatic rings. The summed E-state index contributed by atoms with van der Waals surface area (Å²) < 4.78 is 26.7. The largest absolute Gasteiger partial charge is 0.486 e. The number of benzene rings is 2. The van der Waals surface area contributed by atoms with E-state index < -0.39 is 0 Å². The highest BCUT2D eigenvalue weighted by Gasteiger charge is 2.23. The number of fused-ring (bicyclic) bond motifs is 1. The van der Waals surface area contributed by atoms with Crippen molar-refractivity contribution in [2.45, 2.75) is 31.6 Å². The molecule has 0 bridgehead atoms. The summed E-state index contributed by atoms with van der Waals surface area (Å²) in [6, 6.07) is 11.9. The lowest BCUT2D eigenvalue weighted by atomic mass is 10.2. The van der Waals surface area contributed by atoms with E-state index in [2.05, 4.69) is 10.2 Å². The smallest absolute Gasteiger partial charge is 0.233 e. The quantitative estimate of drug-likeness (QED) is 0.413. The molecule has 0 spiro atoms. The van der Waals surface area contributed by atoms with E-state index in [9.17, 15) is 9.18 Å². The van der Waals surface area contributed by atoms with Gasteiger partial charge in [-0.3, -0.25) is 14.3 Å². The number of halogens is 1. The van der Waals surface area contributed by atoms with Gasteiger partial charge in [0.1, 0.15) is 19.0 Å². The van der Waals surface area contributed by atoms with E-state index in [4.69, 9.17) is 9.47 Å². The third-order valence-corrected chi connectivity index (χ3v) is 6.84. The highest BCUT2D eigenvalue weighted by molar-refractivity contribution is 7.99. The van der Waals surface area contributed by atoms with Crippen molar-refractivity contribution in [1.29, 1.82) is 0 Å². The number of nitrogens with zero attached hydrogens (tertiary/aromatic N) is 5. The Hall–Kier alpha value is -3.11. The van der Waals surface area contributed by atoms with Crippen LogP contribution in [0.5, 0.6) is 11.5 Å². The molecule has 3 aromatic rings. The zero-order valence-electron chi connectivity index (χ0n) is 20.4. The molecule has 0 fully saturated rings. The second-order valence-corrected chi connectivity index (χ2v) is 9.41. The molecule has 1 atom stereocenters. The third kappa shape index (κ3) is 5.76. The molecule has 0 unspecified atom stereocenters. The van der Waals surface area contributed by atoms with Gasteiger partial charge in [-0.05, 0) is 69.9 Å². The molecule has 35 heavy (non-hydrogen) atoms. The Kier molecular flexibility index (Phi) is 7.92. The minimum absolute atomic E-state index is 0.0109. The van der Waals surface area contributed by atoms with Gasteiger partial charge in [-0.25, -0.2) is 4.39 Å². The monoisotopic (exact) mass is 499 g/mol. The van der Waals surface area contributed by atoms with Crippen LogP contribution in [0.25, 0.3) is 5.69 Å². The predicted molar refractivity (Wildman–Crippen MR) is 133 cm³/mol. The molecular weight excluding hydrogens is 469 g/mol. The van der Waals surface area contributed by atoms with Crippen LogP contribution in [0.3, 0.4) is 0 Å². The van der Waals surface area contributed by atoms with E-state index in [-0.39, 0.29) is 23.5 Å². The van der Waals surface area contributed by atoms with Crippen LogP contribution in [-0.4, -0.2) is 70.1 Å². The van der Waals surface area contributed by atoms with Crippen LogP contribution in [-0.2, 0) is 11.3 Å². The van der Waals surface area contributed by atoms with E-state index in [1.54, 1.807) is 17.0 Å². The van der Waals surface area contributed by atoms with Gasteiger partial charge in [-0.15, -0.1) is 10.2 Å². The fraction of sp³-hybridized carbons (Fsp3) is 0.400. The van der Waals surface area contributed by atoms with Gasteiger partial charge in [-0.2, -0.15) is 0 Å². The van der Waals surface area contributed by atoms with Gasteiger partial charge >= 0.3 is 0 Å². The fourth-order valence-corrected chi connectivity index (χ4v) is 4.57. The molecule has 2 aromatic carbocycles. The number of aromatic nitrogens is 3. The Labute approximate surface area is 209 Å². The summed E-state index contributed by atoms with van der Waals surface area (Å²) in [4.78, 5) is 16.9. The maximum atomic E-state index is 13.6. The first-order chi connectivity index (χ1) is 16.9. The Morgan fingerprint density at radius 3 is 2.51 bits per heavy atom. The normalized spacial score (nSPS) is 13.7. The number of rotatable bonds is 9. The van der Waals surface area contributed by atoms with Crippen molar-refractivity contribution >= 4 is 17.7 Å². The molecule has 186 valence electrons. The summed E-state index contributed by atoms with van der Waals surface area (Å²) in [6.45, 7) is 6.09.